The molecule has 0 spiro atoms. The van der Waals surface area contributed by atoms with Gasteiger partial charge in [-0.1, -0.05) is 12.1 Å². The van der Waals surface area contributed by atoms with Gasteiger partial charge in [0.05, 0.1) is 10.2 Å². The number of hydrogen-bond acceptors (Lipinski definition) is 6. The van der Waals surface area contributed by atoms with Crippen molar-refractivity contribution in [3.63, 3.8) is 0 Å². The van der Waals surface area contributed by atoms with Crippen molar-refractivity contribution in [2.45, 2.75) is 13.3 Å². The van der Waals surface area contributed by atoms with E-state index in [0.29, 0.717) is 36.2 Å². The van der Waals surface area contributed by atoms with Gasteiger partial charge in [0.1, 0.15) is 10.7 Å². The first-order valence-electron chi connectivity index (χ1n) is 7.82. The third-order valence-corrected chi connectivity index (χ3v) is 4.41. The lowest BCUT2D eigenvalue weighted by molar-refractivity contribution is 0.0939. The molecule has 2 aromatic heterocycles. The third-order valence-electron chi connectivity index (χ3n) is 3.36. The molecule has 0 saturated carbocycles. The summed E-state index contributed by atoms with van der Waals surface area (Å²) >= 11 is 1.50. The van der Waals surface area contributed by atoms with Gasteiger partial charge >= 0.3 is 0 Å². The molecule has 0 aliphatic carbocycles. The van der Waals surface area contributed by atoms with Crippen LogP contribution in [-0.4, -0.2) is 40.6 Å². The van der Waals surface area contributed by atoms with Crippen molar-refractivity contribution in [2.75, 3.05) is 19.8 Å². The highest BCUT2D eigenvalue weighted by Crippen LogP contribution is 2.29. The number of nitrogens with one attached hydrogen (secondary N) is 1. The zero-order valence-corrected chi connectivity index (χ0v) is 14.2. The Hall–Kier alpha value is -2.38. The van der Waals surface area contributed by atoms with Gasteiger partial charge in [0.2, 0.25) is 0 Å². The fourth-order valence-electron chi connectivity index (χ4n) is 2.24. The third kappa shape index (κ3) is 3.74. The SMILES string of the molecule is CCOCCCNC(=O)c1nccnc1-c1nc2ccccc2s1. The highest BCUT2D eigenvalue weighted by molar-refractivity contribution is 7.21. The van der Waals surface area contributed by atoms with Gasteiger partial charge in [-0.15, -0.1) is 11.3 Å². The highest BCUT2D eigenvalue weighted by Gasteiger charge is 2.18. The molecule has 124 valence electrons. The molecule has 24 heavy (non-hydrogen) atoms. The average Bonchev–Trinajstić information content (AvgIpc) is 3.05. The number of nitrogens with zero attached hydrogens (tertiary/aromatic N) is 3. The first kappa shape index (κ1) is 16.5. The van der Waals surface area contributed by atoms with Crippen molar-refractivity contribution in [3.8, 4) is 10.7 Å². The van der Waals surface area contributed by atoms with Crippen molar-refractivity contribution in [2.24, 2.45) is 0 Å². The van der Waals surface area contributed by atoms with E-state index >= 15 is 0 Å². The lowest BCUT2D eigenvalue weighted by Crippen LogP contribution is -2.27. The van der Waals surface area contributed by atoms with E-state index in [1.165, 1.54) is 17.5 Å². The summed E-state index contributed by atoms with van der Waals surface area (Å²) in [6, 6.07) is 7.85. The smallest absolute Gasteiger partial charge is 0.272 e. The number of carbonyl (C=O) groups is 1. The Labute approximate surface area is 143 Å². The van der Waals surface area contributed by atoms with Crippen molar-refractivity contribution in [3.05, 3.63) is 42.4 Å². The Morgan fingerprint density at radius 3 is 2.92 bits per heavy atom. The summed E-state index contributed by atoms with van der Waals surface area (Å²) in [6.07, 6.45) is 3.86. The molecule has 6 nitrogen and oxygen atoms in total. The maximum atomic E-state index is 12.4. The summed E-state index contributed by atoms with van der Waals surface area (Å²) in [7, 11) is 0. The molecule has 0 aliphatic heterocycles. The van der Waals surface area contributed by atoms with Gasteiger partial charge in [-0.05, 0) is 25.5 Å². The second-order valence-corrected chi connectivity index (χ2v) is 6.08. The maximum Gasteiger partial charge on any atom is 0.272 e. The largest absolute Gasteiger partial charge is 0.382 e. The molecular weight excluding hydrogens is 324 g/mol. The van der Waals surface area contributed by atoms with Gasteiger partial charge in [-0.3, -0.25) is 4.79 Å². The number of thiazole rings is 1. The molecule has 0 unspecified atom stereocenters. The van der Waals surface area contributed by atoms with Crippen LogP contribution in [0.3, 0.4) is 0 Å². The van der Waals surface area contributed by atoms with Crippen LogP contribution in [0.4, 0.5) is 0 Å². The number of para-hydroxylation sites is 1. The normalized spacial score (nSPS) is 10.9. The average molecular weight is 342 g/mol. The van der Waals surface area contributed by atoms with Gasteiger partial charge < -0.3 is 10.1 Å². The molecular formula is C17H18N4O2S. The van der Waals surface area contributed by atoms with Gasteiger partial charge in [-0.2, -0.15) is 0 Å². The summed E-state index contributed by atoms with van der Waals surface area (Å²) in [5.41, 5.74) is 1.71. The summed E-state index contributed by atoms with van der Waals surface area (Å²) in [5.74, 6) is -0.242. The lowest BCUT2D eigenvalue weighted by Gasteiger charge is -2.07. The van der Waals surface area contributed by atoms with Gasteiger partial charge in [-0.25, -0.2) is 15.0 Å². The van der Waals surface area contributed by atoms with Gasteiger partial charge in [0.25, 0.3) is 5.91 Å². The second-order valence-electron chi connectivity index (χ2n) is 5.05. The highest BCUT2D eigenvalue weighted by atomic mass is 32.1. The zero-order valence-electron chi connectivity index (χ0n) is 13.4. The van der Waals surface area contributed by atoms with Crippen LogP contribution >= 0.6 is 11.3 Å². The van der Waals surface area contributed by atoms with E-state index in [4.69, 9.17) is 4.74 Å². The molecule has 0 saturated heterocycles. The molecule has 0 fully saturated rings. The lowest BCUT2D eigenvalue weighted by atomic mass is 10.3. The Balaban J connectivity index is 1.78. The monoisotopic (exact) mass is 342 g/mol. The zero-order chi connectivity index (χ0) is 16.8. The molecule has 7 heteroatoms. The fraction of sp³-hybridized carbons (Fsp3) is 0.294. The van der Waals surface area contributed by atoms with Crippen molar-refractivity contribution in [1.29, 1.82) is 0 Å². The van der Waals surface area contributed by atoms with Crippen LogP contribution in [0.25, 0.3) is 20.9 Å². The Kier molecular flexibility index (Phi) is 5.45. The van der Waals surface area contributed by atoms with Crippen LogP contribution in [0.1, 0.15) is 23.8 Å². The minimum absolute atomic E-state index is 0.242. The van der Waals surface area contributed by atoms with Crippen molar-refractivity contribution in [1.82, 2.24) is 20.3 Å². The van der Waals surface area contributed by atoms with Gasteiger partial charge in [0, 0.05) is 32.2 Å². The molecule has 1 amide bonds. The number of fused-ring (bicyclic) bond motifs is 1. The number of amides is 1. The number of hydrogen-bond donors (Lipinski definition) is 1. The minimum Gasteiger partial charge on any atom is -0.382 e. The summed E-state index contributed by atoms with van der Waals surface area (Å²) in [5, 5.41) is 3.56. The minimum atomic E-state index is -0.242. The number of rotatable bonds is 7. The number of benzene rings is 1. The topological polar surface area (TPSA) is 77.0 Å². The Morgan fingerprint density at radius 1 is 1.25 bits per heavy atom. The molecule has 1 N–H and O–H groups in total. The molecule has 0 radical (unpaired) electrons. The maximum absolute atomic E-state index is 12.4. The second kappa shape index (κ2) is 7.94. The van der Waals surface area contributed by atoms with Crippen LogP contribution < -0.4 is 5.32 Å². The van der Waals surface area contributed by atoms with E-state index in [2.05, 4.69) is 20.3 Å². The van der Waals surface area contributed by atoms with Crippen molar-refractivity contribution < 1.29 is 9.53 Å². The first-order chi connectivity index (χ1) is 11.8. The molecule has 0 atom stereocenters. The van der Waals surface area contributed by atoms with Crippen LogP contribution in [0, 0.1) is 0 Å². The first-order valence-corrected chi connectivity index (χ1v) is 8.64. The summed E-state index contributed by atoms with van der Waals surface area (Å²) < 4.78 is 6.32. The molecule has 3 aromatic rings. The molecule has 2 heterocycles. The number of aromatic nitrogens is 3. The molecule has 1 aromatic carbocycles. The van der Waals surface area contributed by atoms with Crippen LogP contribution in [-0.2, 0) is 4.74 Å². The summed E-state index contributed by atoms with van der Waals surface area (Å²) in [4.78, 5) is 25.5. The Bertz CT molecular complexity index is 801. The van der Waals surface area contributed by atoms with Crippen LogP contribution in [0.5, 0.6) is 0 Å². The predicted octanol–water partition coefficient (Wildman–Crippen LogP) is 2.91. The van der Waals surface area contributed by atoms with E-state index in [1.807, 2.05) is 31.2 Å². The molecule has 0 bridgehead atoms. The number of ether oxygens (including phenoxy) is 1. The quantitative estimate of drug-likeness (QED) is 0.668. The summed E-state index contributed by atoms with van der Waals surface area (Å²) in [6.45, 7) is 3.79. The van der Waals surface area contributed by atoms with Crippen LogP contribution in [0.2, 0.25) is 0 Å². The molecule has 3 rings (SSSR count). The van der Waals surface area contributed by atoms with E-state index in [1.54, 1.807) is 6.20 Å². The van der Waals surface area contributed by atoms with E-state index in [9.17, 15) is 4.79 Å². The Morgan fingerprint density at radius 2 is 2.08 bits per heavy atom. The fourth-order valence-corrected chi connectivity index (χ4v) is 3.20. The number of carbonyl (C=O) groups excluding carboxylic acids is 1. The van der Waals surface area contributed by atoms with Gasteiger partial charge in [0.15, 0.2) is 5.69 Å². The van der Waals surface area contributed by atoms with E-state index in [0.717, 1.165) is 16.6 Å². The van der Waals surface area contributed by atoms with Crippen LogP contribution in [0.15, 0.2) is 36.7 Å². The van der Waals surface area contributed by atoms with E-state index < -0.39 is 0 Å². The standard InChI is InChI=1S/C17H18N4O2S/c1-2-23-11-5-8-20-16(22)14-15(19-10-9-18-14)17-21-12-6-3-4-7-13(12)24-17/h3-4,6-7,9-10H,2,5,8,11H2,1H3,(H,20,22). The van der Waals surface area contributed by atoms with Crippen molar-refractivity contribution >= 4 is 27.5 Å². The molecule has 0 aliphatic rings. The predicted molar refractivity (Wildman–Crippen MR) is 94.1 cm³/mol. The van der Waals surface area contributed by atoms with E-state index in [-0.39, 0.29) is 5.91 Å².